The molecule has 0 fully saturated rings. The van der Waals surface area contributed by atoms with Gasteiger partial charge in [-0.2, -0.15) is 0 Å². The second kappa shape index (κ2) is 8.44. The van der Waals surface area contributed by atoms with Crippen LogP contribution in [0.1, 0.15) is 56.6 Å². The Morgan fingerprint density at radius 1 is 1.10 bits per heavy atom. The van der Waals surface area contributed by atoms with Gasteiger partial charge < -0.3 is 10.1 Å². The van der Waals surface area contributed by atoms with Gasteiger partial charge in [0.15, 0.2) is 5.82 Å². The highest BCUT2D eigenvalue weighted by Crippen LogP contribution is 2.25. The molecule has 4 nitrogen and oxygen atoms in total. The molecule has 0 aromatic carbocycles. The summed E-state index contributed by atoms with van der Waals surface area (Å²) < 4.78 is 5.82. The Kier molecular flexibility index (Phi) is 7.26. The minimum Gasteiger partial charge on any atom is -0.370 e. The van der Waals surface area contributed by atoms with Crippen LogP contribution in [0.5, 0.6) is 0 Å². The minimum atomic E-state index is -0.0174. The van der Waals surface area contributed by atoms with Crippen LogP contribution in [-0.4, -0.2) is 30.2 Å². The van der Waals surface area contributed by atoms with Gasteiger partial charge >= 0.3 is 0 Å². The molecule has 1 aromatic heterocycles. The van der Waals surface area contributed by atoms with Crippen LogP contribution in [0.25, 0.3) is 0 Å². The van der Waals surface area contributed by atoms with E-state index in [4.69, 9.17) is 14.7 Å². The van der Waals surface area contributed by atoms with Crippen LogP contribution >= 0.6 is 0 Å². The topological polar surface area (TPSA) is 47.0 Å². The van der Waals surface area contributed by atoms with E-state index < -0.39 is 0 Å². The smallest absolute Gasteiger partial charge is 0.157 e. The lowest BCUT2D eigenvalue weighted by molar-refractivity contribution is 0.0229. The number of hydrogen-bond donors (Lipinski definition) is 1. The summed E-state index contributed by atoms with van der Waals surface area (Å²) in [6.45, 7) is 14.4. The van der Waals surface area contributed by atoms with Crippen molar-refractivity contribution >= 4 is 0 Å². The van der Waals surface area contributed by atoms with Crippen molar-refractivity contribution in [1.29, 1.82) is 0 Å². The molecule has 0 amide bonds. The molecule has 4 heteroatoms. The second-order valence-corrected chi connectivity index (χ2v) is 6.22. The first-order valence-electron chi connectivity index (χ1n) is 8.00. The number of aryl methyl sites for hydroxylation is 2. The fourth-order valence-electron chi connectivity index (χ4n) is 2.70. The summed E-state index contributed by atoms with van der Waals surface area (Å²) in [5.74, 6) is 1.78. The quantitative estimate of drug-likeness (QED) is 0.799. The van der Waals surface area contributed by atoms with Crippen molar-refractivity contribution in [2.45, 2.75) is 54.1 Å². The van der Waals surface area contributed by atoms with Crippen LogP contribution in [-0.2, 0) is 11.2 Å². The number of aromatic nitrogens is 2. The first kappa shape index (κ1) is 18.1. The maximum absolute atomic E-state index is 5.82. The van der Waals surface area contributed by atoms with E-state index in [1.807, 2.05) is 14.0 Å². The Hall–Kier alpha value is -1.00. The molecular formula is C17H31N3O. The van der Waals surface area contributed by atoms with Crippen molar-refractivity contribution in [2.24, 2.45) is 11.8 Å². The zero-order chi connectivity index (χ0) is 16.0. The average molecular weight is 293 g/mol. The lowest BCUT2D eigenvalue weighted by Gasteiger charge is -2.22. The fourth-order valence-corrected chi connectivity index (χ4v) is 2.70. The second-order valence-electron chi connectivity index (χ2n) is 6.22. The van der Waals surface area contributed by atoms with E-state index in [9.17, 15) is 0 Å². The van der Waals surface area contributed by atoms with E-state index in [-0.39, 0.29) is 6.10 Å². The zero-order valence-corrected chi connectivity index (χ0v) is 14.7. The zero-order valence-electron chi connectivity index (χ0n) is 14.7. The highest BCUT2D eigenvalue weighted by molar-refractivity contribution is 5.25. The van der Waals surface area contributed by atoms with Gasteiger partial charge in [0.05, 0.1) is 0 Å². The molecule has 2 atom stereocenters. The van der Waals surface area contributed by atoms with Crippen molar-refractivity contribution in [1.82, 2.24) is 15.3 Å². The summed E-state index contributed by atoms with van der Waals surface area (Å²) in [7, 11) is 1.99. The van der Waals surface area contributed by atoms with Gasteiger partial charge in [0.25, 0.3) is 0 Å². The molecule has 120 valence electrons. The summed E-state index contributed by atoms with van der Waals surface area (Å²) in [6.07, 6.45) is 0.996. The lowest BCUT2D eigenvalue weighted by Crippen LogP contribution is -2.21. The van der Waals surface area contributed by atoms with E-state index in [1.54, 1.807) is 0 Å². The van der Waals surface area contributed by atoms with E-state index in [1.165, 1.54) is 5.56 Å². The molecular weight excluding hydrogens is 262 g/mol. The molecule has 0 aliphatic carbocycles. The number of hydrogen-bond acceptors (Lipinski definition) is 4. The number of ether oxygens (including phenoxy) is 1. The molecule has 0 saturated carbocycles. The van der Waals surface area contributed by atoms with Crippen molar-refractivity contribution < 1.29 is 4.74 Å². The van der Waals surface area contributed by atoms with Gasteiger partial charge in [0.2, 0.25) is 0 Å². The molecule has 0 bridgehead atoms. The van der Waals surface area contributed by atoms with E-state index in [2.05, 4.69) is 39.9 Å². The Balaban J connectivity index is 3.02. The number of nitrogens with one attached hydrogen (secondary N) is 1. The third-order valence-corrected chi connectivity index (χ3v) is 3.75. The minimum absolute atomic E-state index is 0.0174. The SMILES string of the molecule is CCOC(c1nc(C)c(CC(C)CNC)c(C)n1)C(C)C. The van der Waals surface area contributed by atoms with Crippen molar-refractivity contribution in [3.8, 4) is 0 Å². The third kappa shape index (κ3) is 5.04. The van der Waals surface area contributed by atoms with Crippen LogP contribution in [0.2, 0.25) is 0 Å². The largest absolute Gasteiger partial charge is 0.370 e. The van der Waals surface area contributed by atoms with E-state index in [0.717, 1.165) is 30.2 Å². The van der Waals surface area contributed by atoms with Crippen LogP contribution in [0, 0.1) is 25.7 Å². The Bertz CT molecular complexity index is 423. The third-order valence-electron chi connectivity index (χ3n) is 3.75. The summed E-state index contributed by atoms with van der Waals surface area (Å²) in [4.78, 5) is 9.46. The van der Waals surface area contributed by atoms with Crippen LogP contribution in [0.4, 0.5) is 0 Å². The molecule has 1 aromatic rings. The molecule has 0 radical (unpaired) electrons. The average Bonchev–Trinajstić information content (AvgIpc) is 2.40. The molecule has 1 rings (SSSR count). The van der Waals surface area contributed by atoms with Gasteiger partial charge in [-0.25, -0.2) is 9.97 Å². The highest BCUT2D eigenvalue weighted by atomic mass is 16.5. The van der Waals surface area contributed by atoms with Gasteiger partial charge in [-0.05, 0) is 58.2 Å². The Morgan fingerprint density at radius 2 is 1.67 bits per heavy atom. The summed E-state index contributed by atoms with van der Waals surface area (Å²) in [5.41, 5.74) is 3.46. The predicted molar refractivity (Wildman–Crippen MR) is 87.5 cm³/mol. The standard InChI is InChI=1S/C17H31N3O/c1-8-21-16(11(2)3)17-19-13(5)15(14(6)20-17)9-12(4)10-18-7/h11-12,16,18H,8-10H2,1-7H3. The highest BCUT2D eigenvalue weighted by Gasteiger charge is 2.21. The molecule has 0 aliphatic heterocycles. The first-order chi connectivity index (χ1) is 9.90. The van der Waals surface area contributed by atoms with Gasteiger partial charge in [-0.1, -0.05) is 20.8 Å². The first-order valence-corrected chi connectivity index (χ1v) is 8.00. The molecule has 0 aliphatic rings. The van der Waals surface area contributed by atoms with Crippen molar-refractivity contribution in [2.75, 3.05) is 20.2 Å². The number of nitrogens with zero attached hydrogens (tertiary/aromatic N) is 2. The van der Waals surface area contributed by atoms with Gasteiger partial charge in [-0.15, -0.1) is 0 Å². The molecule has 1 N–H and O–H groups in total. The van der Waals surface area contributed by atoms with Gasteiger partial charge in [0, 0.05) is 18.0 Å². The van der Waals surface area contributed by atoms with Crippen molar-refractivity contribution in [3.05, 3.63) is 22.8 Å². The molecule has 2 unspecified atom stereocenters. The molecule has 0 spiro atoms. The normalized spacial score (nSPS) is 14.5. The summed E-state index contributed by atoms with van der Waals surface area (Å²) >= 11 is 0. The Labute approximate surface area is 129 Å². The van der Waals surface area contributed by atoms with Crippen LogP contribution in [0.3, 0.4) is 0 Å². The maximum Gasteiger partial charge on any atom is 0.157 e. The summed E-state index contributed by atoms with van der Waals surface area (Å²) in [6, 6.07) is 0. The molecule has 1 heterocycles. The number of rotatable bonds is 8. The van der Waals surface area contributed by atoms with Gasteiger partial charge in [0.1, 0.15) is 6.10 Å². The van der Waals surface area contributed by atoms with Crippen molar-refractivity contribution in [3.63, 3.8) is 0 Å². The van der Waals surface area contributed by atoms with Crippen LogP contribution < -0.4 is 5.32 Å². The lowest BCUT2D eigenvalue weighted by atomic mass is 9.98. The fraction of sp³-hybridized carbons (Fsp3) is 0.765. The Morgan fingerprint density at radius 3 is 2.10 bits per heavy atom. The summed E-state index contributed by atoms with van der Waals surface area (Å²) in [5, 5.41) is 3.23. The monoisotopic (exact) mass is 293 g/mol. The molecule has 0 saturated heterocycles. The van der Waals surface area contributed by atoms with Crippen LogP contribution in [0.15, 0.2) is 0 Å². The predicted octanol–water partition coefficient (Wildman–Crippen LogP) is 3.23. The maximum atomic E-state index is 5.82. The van der Waals surface area contributed by atoms with E-state index in [0.29, 0.717) is 18.4 Å². The van der Waals surface area contributed by atoms with E-state index >= 15 is 0 Å². The van der Waals surface area contributed by atoms with Gasteiger partial charge in [-0.3, -0.25) is 0 Å². The molecule has 21 heavy (non-hydrogen) atoms.